The Balaban J connectivity index is 0.000000302. The Bertz CT molecular complexity index is 390. The monoisotopic (exact) mass is 240 g/mol. The lowest BCUT2D eigenvalue weighted by atomic mass is 10.2. The summed E-state index contributed by atoms with van der Waals surface area (Å²) in [7, 11) is 0. The van der Waals surface area contributed by atoms with E-state index in [9.17, 15) is 24.0 Å². The highest BCUT2D eigenvalue weighted by atomic mass is 16.4. The van der Waals surface area contributed by atoms with Crippen LogP contribution in [0.1, 0.15) is 6.42 Å². The SMILES string of the molecule is O=C(O)CC(=O)C(=O)O.O=C1C=CC(=O)C=C1. The number of carbonyl (C=O) groups is 5. The standard InChI is InChI=1S/C6H4O2.C4H4O5/c7-5-1-2-6(8)4-3-5;5-2(4(8)9)1-3(6)7/h1-4H;1H2,(H,6,7)(H,8,9). The number of allylic oxidation sites excluding steroid dienone is 4. The van der Waals surface area contributed by atoms with Gasteiger partial charge >= 0.3 is 11.9 Å². The maximum atomic E-state index is 10.3. The average molecular weight is 240 g/mol. The highest BCUT2D eigenvalue weighted by Gasteiger charge is 2.14. The van der Waals surface area contributed by atoms with Gasteiger partial charge in [0.05, 0.1) is 0 Å². The van der Waals surface area contributed by atoms with E-state index in [1.54, 1.807) is 0 Å². The highest BCUT2D eigenvalue weighted by Crippen LogP contribution is 1.90. The van der Waals surface area contributed by atoms with E-state index in [-0.39, 0.29) is 11.6 Å². The van der Waals surface area contributed by atoms with E-state index in [0.717, 1.165) is 0 Å². The third-order valence-electron chi connectivity index (χ3n) is 1.37. The summed E-state index contributed by atoms with van der Waals surface area (Å²) in [5.74, 6) is -4.68. The molecule has 0 spiro atoms. The fourth-order valence-electron chi connectivity index (χ4n) is 0.653. The number of carboxylic acids is 2. The van der Waals surface area contributed by atoms with Gasteiger partial charge in [-0.05, 0) is 24.3 Å². The van der Waals surface area contributed by atoms with E-state index >= 15 is 0 Å². The van der Waals surface area contributed by atoms with E-state index in [1.807, 2.05) is 0 Å². The van der Waals surface area contributed by atoms with Crippen molar-refractivity contribution in [1.82, 2.24) is 0 Å². The van der Waals surface area contributed by atoms with E-state index in [2.05, 4.69) is 0 Å². The van der Waals surface area contributed by atoms with Crippen LogP contribution in [0.25, 0.3) is 0 Å². The zero-order chi connectivity index (χ0) is 13.4. The smallest absolute Gasteiger partial charge is 0.372 e. The van der Waals surface area contributed by atoms with Crippen molar-refractivity contribution in [2.24, 2.45) is 0 Å². The Morgan fingerprint density at radius 1 is 0.882 bits per heavy atom. The molecule has 2 N–H and O–H groups in total. The Labute approximate surface area is 95.0 Å². The van der Waals surface area contributed by atoms with Crippen LogP contribution in [0.2, 0.25) is 0 Å². The lowest BCUT2D eigenvalue weighted by Crippen LogP contribution is -2.16. The van der Waals surface area contributed by atoms with E-state index < -0.39 is 24.1 Å². The first-order valence-corrected chi connectivity index (χ1v) is 4.25. The molecule has 0 aromatic rings. The lowest BCUT2D eigenvalue weighted by molar-refractivity contribution is -0.152. The fourth-order valence-corrected chi connectivity index (χ4v) is 0.653. The highest BCUT2D eigenvalue weighted by molar-refractivity contribution is 6.35. The van der Waals surface area contributed by atoms with Crippen molar-refractivity contribution in [3.63, 3.8) is 0 Å². The normalized spacial score (nSPS) is 12.7. The molecule has 0 aliphatic heterocycles. The van der Waals surface area contributed by atoms with Gasteiger partial charge < -0.3 is 10.2 Å². The molecule has 1 aliphatic carbocycles. The molecule has 0 radical (unpaired) electrons. The predicted molar refractivity (Wildman–Crippen MR) is 53.2 cm³/mol. The van der Waals surface area contributed by atoms with Crippen LogP contribution in [0.5, 0.6) is 0 Å². The molecule has 90 valence electrons. The Morgan fingerprint density at radius 2 is 1.24 bits per heavy atom. The molecule has 7 nitrogen and oxygen atoms in total. The van der Waals surface area contributed by atoms with Crippen molar-refractivity contribution >= 4 is 29.3 Å². The predicted octanol–water partition coefficient (Wildman–Crippen LogP) is -0.635. The average Bonchev–Trinajstić information content (AvgIpc) is 2.22. The number of carbonyl (C=O) groups excluding carboxylic acids is 3. The molecule has 0 unspecified atom stereocenters. The van der Waals surface area contributed by atoms with Gasteiger partial charge in [-0.25, -0.2) is 4.79 Å². The number of carboxylic acid groups (broad SMARTS) is 2. The first kappa shape index (κ1) is 14.4. The van der Waals surface area contributed by atoms with Gasteiger partial charge in [-0.2, -0.15) is 0 Å². The third-order valence-corrected chi connectivity index (χ3v) is 1.37. The zero-order valence-corrected chi connectivity index (χ0v) is 8.45. The quantitative estimate of drug-likeness (QED) is 0.382. The molecule has 0 bridgehead atoms. The van der Waals surface area contributed by atoms with Crippen molar-refractivity contribution in [2.75, 3.05) is 0 Å². The van der Waals surface area contributed by atoms with Crippen molar-refractivity contribution in [3.8, 4) is 0 Å². The van der Waals surface area contributed by atoms with Gasteiger partial charge in [-0.15, -0.1) is 0 Å². The molecule has 7 heteroatoms. The maximum Gasteiger partial charge on any atom is 0.372 e. The van der Waals surface area contributed by atoms with E-state index in [1.165, 1.54) is 24.3 Å². The van der Waals surface area contributed by atoms with E-state index in [0.29, 0.717) is 0 Å². The van der Waals surface area contributed by atoms with Gasteiger partial charge in [0.1, 0.15) is 6.42 Å². The number of aliphatic carboxylic acids is 2. The molecule has 0 saturated carbocycles. The van der Waals surface area contributed by atoms with Crippen molar-refractivity contribution in [3.05, 3.63) is 24.3 Å². The number of ketones is 3. The van der Waals surface area contributed by atoms with Crippen LogP contribution in [0.3, 0.4) is 0 Å². The second kappa shape index (κ2) is 6.83. The second-order valence-corrected chi connectivity index (χ2v) is 2.77. The minimum Gasteiger partial charge on any atom is -0.481 e. The summed E-state index contributed by atoms with van der Waals surface area (Å²) < 4.78 is 0. The second-order valence-electron chi connectivity index (χ2n) is 2.77. The summed E-state index contributed by atoms with van der Waals surface area (Å²) in [5, 5.41) is 15.7. The molecule has 0 amide bonds. The molecular weight excluding hydrogens is 232 g/mol. The fraction of sp³-hybridized carbons (Fsp3) is 0.100. The van der Waals surface area contributed by atoms with Crippen LogP contribution in [-0.2, 0) is 24.0 Å². The van der Waals surface area contributed by atoms with Gasteiger partial charge in [-0.1, -0.05) is 0 Å². The molecule has 0 aromatic carbocycles. The minimum absolute atomic E-state index is 0.121. The molecule has 0 saturated heterocycles. The number of hydrogen-bond acceptors (Lipinski definition) is 5. The summed E-state index contributed by atoms with van der Waals surface area (Å²) in [6, 6.07) is 0. The van der Waals surface area contributed by atoms with Crippen molar-refractivity contribution in [2.45, 2.75) is 6.42 Å². The first-order valence-electron chi connectivity index (χ1n) is 4.25. The van der Waals surface area contributed by atoms with Crippen LogP contribution in [0.4, 0.5) is 0 Å². The Kier molecular flexibility index (Phi) is 5.80. The number of Topliss-reactive ketones (excluding diaryl/α,β-unsaturated/α-hetero) is 1. The van der Waals surface area contributed by atoms with Gasteiger partial charge in [0.15, 0.2) is 11.6 Å². The molecule has 0 heterocycles. The minimum atomic E-state index is -1.71. The van der Waals surface area contributed by atoms with Crippen molar-refractivity contribution < 1.29 is 34.2 Å². The van der Waals surface area contributed by atoms with Gasteiger partial charge in [0.25, 0.3) is 5.78 Å². The summed E-state index contributed by atoms with van der Waals surface area (Å²) in [6.45, 7) is 0. The molecule has 0 aromatic heterocycles. The van der Waals surface area contributed by atoms with Gasteiger partial charge in [0, 0.05) is 0 Å². The molecule has 17 heavy (non-hydrogen) atoms. The summed E-state index contributed by atoms with van der Waals surface area (Å²) >= 11 is 0. The van der Waals surface area contributed by atoms with Crippen molar-refractivity contribution in [1.29, 1.82) is 0 Å². The number of rotatable bonds is 3. The molecule has 0 atom stereocenters. The number of hydrogen-bond donors (Lipinski definition) is 2. The topological polar surface area (TPSA) is 126 Å². The first-order chi connectivity index (χ1) is 7.82. The van der Waals surface area contributed by atoms with E-state index in [4.69, 9.17) is 10.2 Å². The Hall–Kier alpha value is -2.57. The van der Waals surface area contributed by atoms with Crippen LogP contribution in [0, 0.1) is 0 Å². The van der Waals surface area contributed by atoms with Crippen LogP contribution < -0.4 is 0 Å². The molecule has 0 fully saturated rings. The van der Waals surface area contributed by atoms with Crippen LogP contribution in [0.15, 0.2) is 24.3 Å². The maximum absolute atomic E-state index is 10.3. The molecule has 1 aliphatic rings. The summed E-state index contributed by atoms with van der Waals surface area (Å²) in [6.07, 6.45) is 4.06. The third kappa shape index (κ3) is 7.37. The van der Waals surface area contributed by atoms with Gasteiger partial charge in [-0.3, -0.25) is 19.2 Å². The molecular formula is C10H8O7. The zero-order valence-electron chi connectivity index (χ0n) is 8.45. The largest absolute Gasteiger partial charge is 0.481 e. The summed E-state index contributed by atoms with van der Waals surface area (Å²) in [5.41, 5.74) is 0. The van der Waals surface area contributed by atoms with Crippen LogP contribution in [-0.4, -0.2) is 39.5 Å². The van der Waals surface area contributed by atoms with Crippen LogP contribution >= 0.6 is 0 Å². The lowest BCUT2D eigenvalue weighted by Gasteiger charge is -1.87. The van der Waals surface area contributed by atoms with Gasteiger partial charge in [0.2, 0.25) is 0 Å². The Morgan fingerprint density at radius 3 is 1.41 bits per heavy atom. The summed E-state index contributed by atoms with van der Waals surface area (Å²) in [4.78, 5) is 49.8. The molecule has 1 rings (SSSR count).